The zero-order valence-corrected chi connectivity index (χ0v) is 62.1. The van der Waals surface area contributed by atoms with Crippen LogP contribution in [0.2, 0.25) is 0 Å². The number of para-hydroxylation sites is 8. The van der Waals surface area contributed by atoms with E-state index in [0.717, 1.165) is 38.6 Å². The molecule has 0 bridgehead atoms. The minimum atomic E-state index is 1.08. The standard InChI is InChI=1S/C52H35N3.C30H22N2.C22H14BrN/c1-3-15-40(16-4-1)53(44-30-32-52-48(35-44)46-20-10-12-22-50(46)55(52)43-29-25-36-13-7-8-14-38(36)33-43)42-27-23-37(24-28-42)39-26-31-51-47(34-39)45-19-9-11-21-49(45)54(51)41-17-5-2-6-18-41;1-3-9-24(10-4-1)31-25-18-15-22(16-19-25)23-17-20-30-28(21-23)27-13-7-8-14-29(27)32(30)26-11-5-2-6-12-26;23-17-10-12-22-20(14-17)19-7-3-4-8-21(19)24(22)18-11-9-15-5-1-2-6-16(15)13-18/h1-35H;1-21,31H;1-14H. The Kier molecular flexibility index (Phi) is 17.0. The van der Waals surface area contributed by atoms with Crippen molar-refractivity contribution in [3.05, 3.63) is 429 Å². The van der Waals surface area contributed by atoms with E-state index < -0.39 is 0 Å². The molecule has 0 radical (unpaired) electrons. The summed E-state index contributed by atoms with van der Waals surface area (Å²) < 4.78 is 10.6. The lowest BCUT2D eigenvalue weighted by Crippen LogP contribution is -2.09. The van der Waals surface area contributed by atoms with Crippen molar-refractivity contribution in [3.63, 3.8) is 0 Å². The molecule has 22 aromatic rings. The first-order chi connectivity index (χ1) is 55.0. The van der Waals surface area contributed by atoms with E-state index in [1.165, 1.54) is 148 Å². The lowest BCUT2D eigenvalue weighted by molar-refractivity contribution is 1.18. The van der Waals surface area contributed by atoms with E-state index in [4.69, 9.17) is 0 Å². The first-order valence-corrected chi connectivity index (χ1v) is 38.5. The second-order valence-corrected chi connectivity index (χ2v) is 29.2. The number of nitrogens with one attached hydrogen (secondary N) is 1. The molecule has 0 saturated carbocycles. The molecule has 0 atom stereocenters. The third kappa shape index (κ3) is 12.3. The van der Waals surface area contributed by atoms with Crippen LogP contribution in [0.5, 0.6) is 0 Å². The van der Waals surface area contributed by atoms with Crippen molar-refractivity contribution in [2.24, 2.45) is 0 Å². The normalized spacial score (nSPS) is 11.5. The fourth-order valence-corrected chi connectivity index (χ4v) is 16.9. The van der Waals surface area contributed by atoms with Gasteiger partial charge in [0.05, 0.1) is 44.1 Å². The maximum absolute atomic E-state index is 3.61. The SMILES string of the molecule is Brc1ccc2c(c1)c1ccccc1n2-c1ccc2ccccc2c1.c1ccc(N(c2ccc(-c3ccc4c(c3)c3ccccc3n4-c3ccccc3)cc2)c2ccc3c(c2)c2ccccc2n3-c2ccc3ccccc3c2)cc1.c1ccc(Nc2ccc(-c3ccc4c(c3)c3ccccc3n4-c3ccccc3)cc2)cc1. The molecule has 111 heavy (non-hydrogen) atoms. The number of aromatic nitrogens is 4. The molecule has 0 aliphatic carbocycles. The van der Waals surface area contributed by atoms with Crippen molar-refractivity contribution in [2.45, 2.75) is 0 Å². The molecule has 0 fully saturated rings. The van der Waals surface area contributed by atoms with Crippen LogP contribution in [0, 0.1) is 0 Å². The van der Waals surface area contributed by atoms with Crippen molar-refractivity contribution in [1.82, 2.24) is 18.3 Å². The lowest BCUT2D eigenvalue weighted by atomic mass is 10.0. The summed E-state index contributed by atoms with van der Waals surface area (Å²) in [5.41, 5.74) is 24.8. The monoisotopic (exact) mass is 1480 g/mol. The smallest absolute Gasteiger partial charge is 0.0542 e. The van der Waals surface area contributed by atoms with Crippen molar-refractivity contribution >= 4 is 153 Å². The number of rotatable bonds is 11. The fraction of sp³-hybridized carbons (Fsp3) is 0. The summed E-state index contributed by atoms with van der Waals surface area (Å²) in [6, 6.07) is 152. The molecule has 524 valence electrons. The van der Waals surface area contributed by atoms with Crippen LogP contribution >= 0.6 is 15.9 Å². The van der Waals surface area contributed by atoms with Crippen LogP contribution in [0.4, 0.5) is 28.4 Å². The van der Waals surface area contributed by atoms with E-state index in [2.05, 4.69) is 451 Å². The number of hydrogen-bond donors (Lipinski definition) is 1. The molecule has 22 rings (SSSR count). The third-order valence-electron chi connectivity index (χ3n) is 21.7. The molecular weight excluding hydrogens is 1410 g/mol. The number of benzene rings is 18. The maximum Gasteiger partial charge on any atom is 0.0542 e. The molecule has 0 aliphatic rings. The van der Waals surface area contributed by atoms with Gasteiger partial charge in [-0.15, -0.1) is 0 Å². The second-order valence-electron chi connectivity index (χ2n) is 28.3. The molecule has 0 aliphatic heterocycles. The molecule has 0 saturated heterocycles. The first kappa shape index (κ1) is 66.2. The molecule has 6 nitrogen and oxygen atoms in total. The van der Waals surface area contributed by atoms with E-state index >= 15 is 0 Å². The summed E-state index contributed by atoms with van der Waals surface area (Å²) in [4.78, 5) is 2.36. The van der Waals surface area contributed by atoms with Crippen LogP contribution in [-0.2, 0) is 0 Å². The summed E-state index contributed by atoms with van der Waals surface area (Å²) >= 11 is 3.61. The lowest BCUT2D eigenvalue weighted by Gasteiger charge is -2.26. The van der Waals surface area contributed by atoms with E-state index in [1.807, 2.05) is 18.2 Å². The summed E-state index contributed by atoms with van der Waals surface area (Å²) in [6.45, 7) is 0. The van der Waals surface area contributed by atoms with Gasteiger partial charge in [0.15, 0.2) is 0 Å². The highest BCUT2D eigenvalue weighted by Crippen LogP contribution is 2.43. The molecule has 7 heteroatoms. The van der Waals surface area contributed by atoms with Gasteiger partial charge in [-0.2, -0.15) is 0 Å². The average molecular weight is 1480 g/mol. The van der Waals surface area contributed by atoms with Crippen molar-refractivity contribution in [1.29, 1.82) is 0 Å². The summed E-state index contributed by atoms with van der Waals surface area (Å²) in [6.07, 6.45) is 0. The van der Waals surface area contributed by atoms with E-state index in [-0.39, 0.29) is 0 Å². The highest BCUT2D eigenvalue weighted by molar-refractivity contribution is 9.10. The zero-order valence-electron chi connectivity index (χ0n) is 60.5. The van der Waals surface area contributed by atoms with Gasteiger partial charge in [-0.1, -0.05) is 259 Å². The van der Waals surface area contributed by atoms with Crippen LogP contribution in [-0.4, -0.2) is 18.3 Å². The summed E-state index contributed by atoms with van der Waals surface area (Å²) in [5, 5.41) is 18.5. The Bertz CT molecular complexity index is 7220. The molecular formula is C104H71BrN6. The van der Waals surface area contributed by atoms with E-state index in [9.17, 15) is 0 Å². The Hall–Kier alpha value is -14.2. The predicted octanol–water partition coefficient (Wildman–Crippen LogP) is 29.1. The van der Waals surface area contributed by atoms with Gasteiger partial charge in [-0.05, 0) is 226 Å². The second kappa shape index (κ2) is 28.5. The molecule has 18 aromatic carbocycles. The van der Waals surface area contributed by atoms with Gasteiger partial charge in [-0.3, -0.25) is 0 Å². The Morgan fingerprint density at radius 3 is 0.973 bits per heavy atom. The Labute approximate surface area is 651 Å². The first-order valence-electron chi connectivity index (χ1n) is 37.7. The average Bonchev–Trinajstić information content (AvgIpc) is 1.62. The van der Waals surface area contributed by atoms with E-state index in [1.54, 1.807) is 0 Å². The summed E-state index contributed by atoms with van der Waals surface area (Å²) in [5.74, 6) is 0. The molecule has 4 heterocycles. The topological polar surface area (TPSA) is 35.0 Å². The van der Waals surface area contributed by atoms with Gasteiger partial charge in [0.2, 0.25) is 0 Å². The summed E-state index contributed by atoms with van der Waals surface area (Å²) in [7, 11) is 0. The van der Waals surface area contributed by atoms with Crippen molar-refractivity contribution in [2.75, 3.05) is 10.2 Å². The van der Waals surface area contributed by atoms with Gasteiger partial charge in [-0.25, -0.2) is 0 Å². The van der Waals surface area contributed by atoms with Crippen LogP contribution < -0.4 is 10.2 Å². The minimum absolute atomic E-state index is 1.08. The molecule has 0 spiro atoms. The highest BCUT2D eigenvalue weighted by Gasteiger charge is 2.21. The van der Waals surface area contributed by atoms with Gasteiger partial charge in [0.1, 0.15) is 0 Å². The van der Waals surface area contributed by atoms with Gasteiger partial charge in [0.25, 0.3) is 0 Å². The molecule has 1 N–H and O–H groups in total. The number of hydrogen-bond acceptors (Lipinski definition) is 2. The fourth-order valence-electron chi connectivity index (χ4n) is 16.5. The minimum Gasteiger partial charge on any atom is -0.356 e. The quantitative estimate of drug-likeness (QED) is 0.140. The molecule has 0 amide bonds. The van der Waals surface area contributed by atoms with Crippen LogP contribution in [0.25, 0.3) is 154 Å². The highest BCUT2D eigenvalue weighted by atomic mass is 79.9. The van der Waals surface area contributed by atoms with Gasteiger partial charge in [0, 0.05) is 98.7 Å². The third-order valence-corrected chi connectivity index (χ3v) is 22.2. The Morgan fingerprint density at radius 1 is 0.189 bits per heavy atom. The Morgan fingerprint density at radius 2 is 0.505 bits per heavy atom. The van der Waals surface area contributed by atoms with Crippen molar-refractivity contribution < 1.29 is 0 Å². The van der Waals surface area contributed by atoms with Crippen LogP contribution in [0.15, 0.2) is 429 Å². The predicted molar refractivity (Wildman–Crippen MR) is 475 cm³/mol. The molecule has 4 aromatic heterocycles. The maximum atomic E-state index is 3.61. The Balaban J connectivity index is 0.000000121. The largest absolute Gasteiger partial charge is 0.356 e. The number of fused-ring (bicyclic) bond motifs is 14. The van der Waals surface area contributed by atoms with Crippen LogP contribution in [0.1, 0.15) is 0 Å². The van der Waals surface area contributed by atoms with Gasteiger partial charge >= 0.3 is 0 Å². The van der Waals surface area contributed by atoms with Crippen LogP contribution in [0.3, 0.4) is 0 Å². The number of halogens is 1. The molecule has 0 unspecified atom stereocenters. The van der Waals surface area contributed by atoms with Crippen molar-refractivity contribution in [3.8, 4) is 45.0 Å². The van der Waals surface area contributed by atoms with E-state index in [0.29, 0.717) is 0 Å². The number of anilines is 5. The number of nitrogens with zero attached hydrogens (tertiary/aromatic N) is 5. The van der Waals surface area contributed by atoms with Gasteiger partial charge < -0.3 is 28.5 Å². The zero-order chi connectivity index (χ0) is 73.7.